The number of hydrogen-bond acceptors (Lipinski definition) is 5. The number of amides is 1. The third kappa shape index (κ3) is 4.93. The van der Waals surface area contributed by atoms with Gasteiger partial charge >= 0.3 is 5.97 Å². The van der Waals surface area contributed by atoms with E-state index in [1.165, 1.54) is 0 Å². The molecule has 1 aliphatic rings. The fourth-order valence-electron chi connectivity index (χ4n) is 4.19. The number of aryl methyl sites for hydroxylation is 2. The van der Waals surface area contributed by atoms with Crippen LogP contribution in [-0.2, 0) is 23.0 Å². The average molecular weight is 436 g/mol. The highest BCUT2D eigenvalue weighted by molar-refractivity contribution is 5.93. The van der Waals surface area contributed by atoms with Gasteiger partial charge in [-0.05, 0) is 50.5 Å². The van der Waals surface area contributed by atoms with Gasteiger partial charge in [-0.3, -0.25) is 9.59 Å². The number of carbonyl (C=O) groups is 2. The number of ether oxygens (including phenoxy) is 1. The van der Waals surface area contributed by atoms with E-state index in [1.54, 1.807) is 6.92 Å². The smallest absolute Gasteiger partial charge is 0.312 e. The van der Waals surface area contributed by atoms with Crippen LogP contribution in [0.5, 0.6) is 0 Å². The number of carbonyl (C=O) groups excluding carboxylic acids is 2. The van der Waals surface area contributed by atoms with E-state index in [-0.39, 0.29) is 30.9 Å². The molecule has 3 heterocycles. The zero-order valence-electron chi connectivity index (χ0n) is 18.6. The highest BCUT2D eigenvalue weighted by atomic mass is 16.5. The lowest BCUT2D eigenvalue weighted by Crippen LogP contribution is -2.44. The van der Waals surface area contributed by atoms with Crippen LogP contribution < -0.4 is 0 Å². The summed E-state index contributed by atoms with van der Waals surface area (Å²) in [6.45, 7) is 2.82. The summed E-state index contributed by atoms with van der Waals surface area (Å²) in [6, 6.07) is 13.4. The van der Waals surface area contributed by atoms with Gasteiger partial charge in [-0.2, -0.15) is 0 Å². The van der Waals surface area contributed by atoms with Crippen LogP contribution in [0.4, 0.5) is 0 Å². The maximum atomic E-state index is 13.0. The van der Waals surface area contributed by atoms with Gasteiger partial charge in [0.1, 0.15) is 11.5 Å². The molecule has 1 unspecified atom stereocenters. The van der Waals surface area contributed by atoms with Crippen molar-refractivity contribution in [1.29, 1.82) is 0 Å². The molecule has 0 saturated carbocycles. The largest absolute Gasteiger partial charge is 0.465 e. The van der Waals surface area contributed by atoms with E-state index in [4.69, 9.17) is 9.15 Å². The SMILES string of the molecule is Cc1oc(-c2ccccc2)nc1CC(=O)OCCC1CCCCN1C(=O)c1cccn1C. The molecule has 0 bridgehead atoms. The van der Waals surface area contributed by atoms with Gasteiger partial charge in [0.15, 0.2) is 0 Å². The Bertz CT molecular complexity index is 1070. The van der Waals surface area contributed by atoms with Gasteiger partial charge in [0, 0.05) is 37.8 Å². The number of oxazole rings is 1. The van der Waals surface area contributed by atoms with Gasteiger partial charge < -0.3 is 18.6 Å². The molecule has 4 rings (SSSR count). The van der Waals surface area contributed by atoms with Crippen LogP contribution in [0.15, 0.2) is 53.1 Å². The van der Waals surface area contributed by atoms with Crippen molar-refractivity contribution in [3.8, 4) is 11.5 Å². The van der Waals surface area contributed by atoms with Crippen LogP contribution in [0.2, 0.25) is 0 Å². The average Bonchev–Trinajstić information content (AvgIpc) is 3.39. The zero-order valence-corrected chi connectivity index (χ0v) is 18.6. The summed E-state index contributed by atoms with van der Waals surface area (Å²) in [5, 5.41) is 0. The van der Waals surface area contributed by atoms with E-state index < -0.39 is 0 Å². The number of hydrogen-bond donors (Lipinski definition) is 0. The fraction of sp³-hybridized carbons (Fsp3) is 0.400. The van der Waals surface area contributed by atoms with Gasteiger partial charge in [-0.15, -0.1) is 0 Å². The highest BCUT2D eigenvalue weighted by Gasteiger charge is 2.28. The van der Waals surface area contributed by atoms with Gasteiger partial charge in [0.2, 0.25) is 5.89 Å². The van der Waals surface area contributed by atoms with Crippen molar-refractivity contribution < 1.29 is 18.7 Å². The minimum Gasteiger partial charge on any atom is -0.465 e. The van der Waals surface area contributed by atoms with Crippen molar-refractivity contribution in [2.75, 3.05) is 13.2 Å². The maximum absolute atomic E-state index is 13.0. The lowest BCUT2D eigenvalue weighted by Gasteiger charge is -2.35. The summed E-state index contributed by atoms with van der Waals surface area (Å²) in [7, 11) is 1.88. The molecule has 1 atom stereocenters. The Morgan fingerprint density at radius 2 is 1.97 bits per heavy atom. The van der Waals surface area contributed by atoms with Gasteiger partial charge in [-0.1, -0.05) is 18.2 Å². The van der Waals surface area contributed by atoms with Crippen molar-refractivity contribution in [1.82, 2.24) is 14.5 Å². The molecule has 1 amide bonds. The first kappa shape index (κ1) is 21.9. The number of aromatic nitrogens is 2. The Kier molecular flexibility index (Phi) is 6.73. The van der Waals surface area contributed by atoms with Crippen LogP contribution in [0, 0.1) is 6.92 Å². The normalized spacial score (nSPS) is 16.2. The van der Waals surface area contributed by atoms with Gasteiger partial charge in [-0.25, -0.2) is 4.98 Å². The molecular weight excluding hydrogens is 406 g/mol. The second kappa shape index (κ2) is 9.85. The maximum Gasteiger partial charge on any atom is 0.312 e. The molecule has 1 fully saturated rings. The third-order valence-electron chi connectivity index (χ3n) is 5.99. The lowest BCUT2D eigenvalue weighted by molar-refractivity contribution is -0.143. The molecule has 32 heavy (non-hydrogen) atoms. The summed E-state index contributed by atoms with van der Waals surface area (Å²) < 4.78 is 13.1. The second-order valence-electron chi connectivity index (χ2n) is 8.23. The van der Waals surface area contributed by atoms with E-state index in [9.17, 15) is 9.59 Å². The first-order chi connectivity index (χ1) is 15.5. The monoisotopic (exact) mass is 435 g/mol. The number of rotatable bonds is 7. The van der Waals surface area contributed by atoms with E-state index in [2.05, 4.69) is 4.98 Å². The number of benzene rings is 1. The Balaban J connectivity index is 1.31. The molecule has 0 spiro atoms. The summed E-state index contributed by atoms with van der Waals surface area (Å²) in [6.07, 6.45) is 5.59. The summed E-state index contributed by atoms with van der Waals surface area (Å²) in [5.41, 5.74) is 2.15. The number of nitrogens with zero attached hydrogens (tertiary/aromatic N) is 3. The van der Waals surface area contributed by atoms with E-state index in [1.807, 2.05) is 65.2 Å². The molecule has 0 radical (unpaired) electrons. The Morgan fingerprint density at radius 3 is 2.72 bits per heavy atom. The zero-order chi connectivity index (χ0) is 22.5. The van der Waals surface area contributed by atoms with Crippen molar-refractivity contribution in [2.45, 2.75) is 45.1 Å². The summed E-state index contributed by atoms with van der Waals surface area (Å²) >= 11 is 0. The third-order valence-corrected chi connectivity index (χ3v) is 5.99. The van der Waals surface area contributed by atoms with Crippen LogP contribution in [0.1, 0.15) is 47.6 Å². The molecule has 2 aromatic heterocycles. The second-order valence-corrected chi connectivity index (χ2v) is 8.23. The van der Waals surface area contributed by atoms with E-state index in [0.717, 1.165) is 31.4 Å². The number of esters is 1. The van der Waals surface area contributed by atoms with Crippen LogP contribution in [0.25, 0.3) is 11.5 Å². The summed E-state index contributed by atoms with van der Waals surface area (Å²) in [4.78, 5) is 31.8. The predicted octanol–water partition coefficient (Wildman–Crippen LogP) is 4.16. The van der Waals surface area contributed by atoms with E-state index >= 15 is 0 Å². The Morgan fingerprint density at radius 1 is 1.16 bits per heavy atom. The van der Waals surface area contributed by atoms with Gasteiger partial charge in [0.25, 0.3) is 5.91 Å². The Labute approximate surface area is 188 Å². The van der Waals surface area contributed by atoms with Crippen LogP contribution in [-0.4, -0.2) is 45.5 Å². The quantitative estimate of drug-likeness (QED) is 0.521. The molecule has 0 N–H and O–H groups in total. The number of piperidine rings is 1. The molecule has 1 aromatic carbocycles. The van der Waals surface area contributed by atoms with Crippen molar-refractivity contribution in [2.24, 2.45) is 7.05 Å². The van der Waals surface area contributed by atoms with Gasteiger partial charge in [0.05, 0.1) is 18.7 Å². The molecule has 7 nitrogen and oxygen atoms in total. The highest BCUT2D eigenvalue weighted by Crippen LogP contribution is 2.23. The molecule has 168 valence electrons. The molecule has 0 aliphatic carbocycles. The first-order valence-electron chi connectivity index (χ1n) is 11.1. The molecule has 3 aromatic rings. The number of likely N-dealkylation sites (tertiary alicyclic amines) is 1. The molecule has 1 saturated heterocycles. The van der Waals surface area contributed by atoms with Crippen molar-refractivity contribution in [3.05, 3.63) is 65.8 Å². The summed E-state index contributed by atoms with van der Waals surface area (Å²) in [5.74, 6) is 0.827. The molecular formula is C25H29N3O4. The molecule has 1 aliphatic heterocycles. The van der Waals surface area contributed by atoms with E-state index in [0.29, 0.717) is 29.5 Å². The molecule has 7 heteroatoms. The fourth-order valence-corrected chi connectivity index (χ4v) is 4.19. The predicted molar refractivity (Wildman–Crippen MR) is 120 cm³/mol. The first-order valence-corrected chi connectivity index (χ1v) is 11.1. The van der Waals surface area contributed by atoms with Crippen LogP contribution in [0.3, 0.4) is 0 Å². The topological polar surface area (TPSA) is 77.6 Å². The lowest BCUT2D eigenvalue weighted by atomic mass is 9.99. The standard InChI is InChI=1S/C25H29N3O4/c1-18-21(26-24(32-18)19-9-4-3-5-10-19)17-23(29)31-16-13-20-11-6-7-15-28(20)25(30)22-12-8-14-27(22)2/h3-5,8-10,12,14,20H,6-7,11,13,15-17H2,1-2H3. The Hall–Kier alpha value is -3.35. The minimum absolute atomic E-state index is 0.0418. The van der Waals surface area contributed by atoms with Crippen molar-refractivity contribution in [3.63, 3.8) is 0 Å². The van der Waals surface area contributed by atoms with Crippen molar-refractivity contribution >= 4 is 11.9 Å². The minimum atomic E-state index is -0.336. The van der Waals surface area contributed by atoms with Crippen LogP contribution >= 0.6 is 0 Å².